The van der Waals surface area contributed by atoms with Crippen LogP contribution in [0, 0.1) is 0 Å². The van der Waals surface area contributed by atoms with Gasteiger partial charge in [0, 0.05) is 5.71 Å². The highest BCUT2D eigenvalue weighted by Gasteiger charge is 2.02. The normalized spacial score (nSPS) is 18.6. The van der Waals surface area contributed by atoms with Crippen molar-refractivity contribution in [3.8, 4) is 0 Å². The molecule has 0 aromatic carbocycles. The van der Waals surface area contributed by atoms with Gasteiger partial charge in [0.05, 0.1) is 6.42 Å². The van der Waals surface area contributed by atoms with Gasteiger partial charge < -0.3 is 0 Å². The van der Waals surface area contributed by atoms with Crippen molar-refractivity contribution in [2.45, 2.75) is 13.3 Å². The van der Waals surface area contributed by atoms with Crippen molar-refractivity contribution in [1.29, 1.82) is 0 Å². The first-order chi connectivity index (χ1) is 3.79. The Morgan fingerprint density at radius 3 is 2.88 bits per heavy atom. The van der Waals surface area contributed by atoms with Crippen LogP contribution in [0.25, 0.3) is 0 Å². The number of nitrogens with zero attached hydrogens (tertiary/aromatic N) is 2. The molecule has 0 N–H and O–H groups in total. The molecule has 0 fully saturated rings. The van der Waals surface area contributed by atoms with Crippen molar-refractivity contribution in [1.82, 2.24) is 0 Å². The van der Waals surface area contributed by atoms with Gasteiger partial charge in [0.25, 0.3) is 5.91 Å². The third-order valence-corrected chi connectivity index (χ3v) is 0.887. The fourth-order valence-corrected chi connectivity index (χ4v) is 0.502. The quantitative estimate of drug-likeness (QED) is 0.445. The van der Waals surface area contributed by atoms with Crippen molar-refractivity contribution in [3.05, 3.63) is 0 Å². The van der Waals surface area contributed by atoms with Gasteiger partial charge in [-0.05, 0) is 6.92 Å². The molecule has 8 heavy (non-hydrogen) atoms. The molecular formula is C5H6N2O. The first-order valence-electron chi connectivity index (χ1n) is 2.37. The molecular weight excluding hydrogens is 104 g/mol. The van der Waals surface area contributed by atoms with Crippen LogP contribution in [-0.2, 0) is 4.79 Å². The number of aliphatic imine (C=N–C) groups is 2. The van der Waals surface area contributed by atoms with E-state index in [-0.39, 0.29) is 5.91 Å². The van der Waals surface area contributed by atoms with Crippen molar-refractivity contribution in [2.75, 3.05) is 0 Å². The summed E-state index contributed by atoms with van der Waals surface area (Å²) >= 11 is 0. The van der Waals surface area contributed by atoms with E-state index < -0.39 is 0 Å². The summed E-state index contributed by atoms with van der Waals surface area (Å²) in [6.07, 6.45) is 1.68. The Morgan fingerprint density at radius 2 is 2.50 bits per heavy atom. The molecule has 1 aliphatic heterocycles. The minimum atomic E-state index is -0.0995. The number of hydrogen-bond acceptors (Lipinski definition) is 2. The van der Waals surface area contributed by atoms with E-state index in [9.17, 15) is 4.79 Å². The van der Waals surface area contributed by atoms with Crippen LogP contribution in [-0.4, -0.2) is 18.0 Å². The van der Waals surface area contributed by atoms with Crippen LogP contribution in [0.2, 0.25) is 0 Å². The molecule has 1 amide bonds. The Hall–Kier alpha value is -0.990. The lowest BCUT2D eigenvalue weighted by molar-refractivity contribution is -0.116. The highest BCUT2D eigenvalue weighted by molar-refractivity contribution is 6.07. The van der Waals surface area contributed by atoms with Crippen molar-refractivity contribution in [2.24, 2.45) is 9.98 Å². The minimum absolute atomic E-state index is 0.0995. The fourth-order valence-electron chi connectivity index (χ4n) is 0.502. The van der Waals surface area contributed by atoms with Crippen LogP contribution in [0.4, 0.5) is 0 Å². The number of hydrogen-bond donors (Lipinski definition) is 0. The monoisotopic (exact) mass is 110 g/mol. The van der Waals surface area contributed by atoms with Gasteiger partial charge in [-0.25, -0.2) is 9.98 Å². The van der Waals surface area contributed by atoms with Crippen molar-refractivity contribution < 1.29 is 4.79 Å². The number of carbonyl (C=O) groups is 1. The molecule has 3 nitrogen and oxygen atoms in total. The maximum Gasteiger partial charge on any atom is 0.252 e. The van der Waals surface area contributed by atoms with Crippen molar-refractivity contribution >= 4 is 18.0 Å². The van der Waals surface area contributed by atoms with E-state index in [4.69, 9.17) is 0 Å². The molecule has 0 radical (unpaired) electrons. The zero-order chi connectivity index (χ0) is 5.98. The number of carbonyl (C=O) groups excluding carboxylic acids is 1. The van der Waals surface area contributed by atoms with Gasteiger partial charge >= 0.3 is 0 Å². The first kappa shape index (κ1) is 5.15. The van der Waals surface area contributed by atoms with Crippen LogP contribution in [0.15, 0.2) is 9.98 Å². The Bertz CT molecular complexity index is 169. The van der Waals surface area contributed by atoms with Gasteiger partial charge in [-0.2, -0.15) is 0 Å². The molecule has 0 aromatic heterocycles. The molecule has 1 heterocycles. The summed E-state index contributed by atoms with van der Waals surface area (Å²) in [6.45, 7) is 1.81. The van der Waals surface area contributed by atoms with E-state index in [2.05, 4.69) is 9.98 Å². The average Bonchev–Trinajstić information content (AvgIpc) is 1.64. The Kier molecular flexibility index (Phi) is 1.20. The van der Waals surface area contributed by atoms with E-state index in [0.717, 1.165) is 5.71 Å². The van der Waals surface area contributed by atoms with Gasteiger partial charge in [0.2, 0.25) is 0 Å². The molecule has 0 saturated heterocycles. The van der Waals surface area contributed by atoms with Gasteiger partial charge in [0.15, 0.2) is 0 Å². The summed E-state index contributed by atoms with van der Waals surface area (Å²) in [6, 6.07) is 0. The smallest absolute Gasteiger partial charge is 0.252 e. The Labute approximate surface area is 47.1 Å². The highest BCUT2D eigenvalue weighted by Crippen LogP contribution is 1.93. The Balaban J connectivity index is 2.73. The largest absolute Gasteiger partial charge is 0.272 e. The van der Waals surface area contributed by atoms with Crippen LogP contribution < -0.4 is 0 Å². The summed E-state index contributed by atoms with van der Waals surface area (Å²) in [5.41, 5.74) is 0.838. The second-order valence-corrected chi connectivity index (χ2v) is 1.68. The van der Waals surface area contributed by atoms with Gasteiger partial charge in [-0.15, -0.1) is 0 Å². The molecule has 0 aromatic rings. The number of rotatable bonds is 0. The zero-order valence-electron chi connectivity index (χ0n) is 4.59. The maximum absolute atomic E-state index is 10.4. The highest BCUT2D eigenvalue weighted by atomic mass is 16.1. The first-order valence-corrected chi connectivity index (χ1v) is 2.37. The molecule has 1 aliphatic rings. The van der Waals surface area contributed by atoms with E-state index >= 15 is 0 Å². The van der Waals surface area contributed by atoms with Crippen LogP contribution in [0.1, 0.15) is 13.3 Å². The molecule has 0 bridgehead atoms. The lowest BCUT2D eigenvalue weighted by Crippen LogP contribution is -2.06. The SMILES string of the molecule is CC1=NC=NC(=O)C1. The number of amides is 1. The topological polar surface area (TPSA) is 41.8 Å². The summed E-state index contributed by atoms with van der Waals surface area (Å²) in [5.74, 6) is -0.0995. The zero-order valence-corrected chi connectivity index (χ0v) is 4.59. The van der Waals surface area contributed by atoms with E-state index in [1.165, 1.54) is 6.34 Å². The van der Waals surface area contributed by atoms with E-state index in [0.29, 0.717) is 6.42 Å². The van der Waals surface area contributed by atoms with Gasteiger partial charge in [0.1, 0.15) is 6.34 Å². The summed E-state index contributed by atoms with van der Waals surface area (Å²) in [4.78, 5) is 17.6. The maximum atomic E-state index is 10.4. The summed E-state index contributed by atoms with van der Waals surface area (Å²) < 4.78 is 0. The molecule has 0 saturated carbocycles. The summed E-state index contributed by atoms with van der Waals surface area (Å²) in [7, 11) is 0. The lowest BCUT2D eigenvalue weighted by atomic mass is 10.3. The lowest BCUT2D eigenvalue weighted by Gasteiger charge is -1.96. The second-order valence-electron chi connectivity index (χ2n) is 1.68. The summed E-state index contributed by atoms with van der Waals surface area (Å²) in [5, 5.41) is 0. The van der Waals surface area contributed by atoms with E-state index in [1.807, 2.05) is 6.92 Å². The molecule has 0 aliphatic carbocycles. The molecule has 0 spiro atoms. The molecule has 3 heteroatoms. The molecule has 0 unspecified atom stereocenters. The molecule has 42 valence electrons. The average molecular weight is 110 g/mol. The van der Waals surface area contributed by atoms with Gasteiger partial charge in [-0.1, -0.05) is 0 Å². The standard InChI is InChI=1S/C5H6N2O/c1-4-2-5(8)7-3-6-4/h3H,2H2,1H3. The molecule has 0 atom stereocenters. The predicted molar refractivity (Wildman–Crippen MR) is 31.2 cm³/mol. The fraction of sp³-hybridized carbons (Fsp3) is 0.400. The minimum Gasteiger partial charge on any atom is -0.272 e. The van der Waals surface area contributed by atoms with Crippen molar-refractivity contribution in [3.63, 3.8) is 0 Å². The van der Waals surface area contributed by atoms with Crippen LogP contribution >= 0.6 is 0 Å². The van der Waals surface area contributed by atoms with Crippen LogP contribution in [0.5, 0.6) is 0 Å². The molecule has 1 rings (SSSR count). The Morgan fingerprint density at radius 1 is 1.75 bits per heavy atom. The van der Waals surface area contributed by atoms with E-state index in [1.54, 1.807) is 0 Å². The third-order valence-electron chi connectivity index (χ3n) is 0.887. The third kappa shape index (κ3) is 0.992. The second kappa shape index (κ2) is 1.86. The predicted octanol–water partition coefficient (Wildman–Crippen LogP) is 0.406. The van der Waals surface area contributed by atoms with Gasteiger partial charge in [-0.3, -0.25) is 4.79 Å². The van der Waals surface area contributed by atoms with Crippen LogP contribution in [0.3, 0.4) is 0 Å².